The molecular weight excluding hydrogens is 280 g/mol. The predicted molar refractivity (Wildman–Crippen MR) is 82.0 cm³/mol. The second-order valence-electron chi connectivity index (χ2n) is 3.93. The Labute approximate surface area is 121 Å². The van der Waals surface area contributed by atoms with Crippen LogP contribution in [-0.4, -0.2) is 12.2 Å². The Kier molecular flexibility index (Phi) is 4.35. The van der Waals surface area contributed by atoms with Gasteiger partial charge in [-0.15, -0.1) is 11.8 Å². The van der Waals surface area contributed by atoms with Gasteiger partial charge >= 0.3 is 0 Å². The van der Waals surface area contributed by atoms with Crippen molar-refractivity contribution >= 4 is 40.6 Å². The van der Waals surface area contributed by atoms with Crippen molar-refractivity contribution in [1.82, 2.24) is 0 Å². The summed E-state index contributed by atoms with van der Waals surface area (Å²) in [6, 6.07) is 12.4. The standard InChI is InChI=1S/C14H13ClN2OS/c1-19-13-5-3-2-4-12(13)17-14(18)9-6-10(15)8-11(16)7-9/h2-8H,16H2,1H3,(H,17,18). The van der Waals surface area contributed by atoms with E-state index in [4.69, 9.17) is 17.3 Å². The van der Waals surface area contributed by atoms with Crippen molar-refractivity contribution in [2.75, 3.05) is 17.3 Å². The van der Waals surface area contributed by atoms with E-state index in [0.29, 0.717) is 16.3 Å². The summed E-state index contributed by atoms with van der Waals surface area (Å²) in [5.74, 6) is -0.226. The zero-order valence-electron chi connectivity index (χ0n) is 10.3. The number of halogens is 1. The average molecular weight is 293 g/mol. The number of thioether (sulfide) groups is 1. The van der Waals surface area contributed by atoms with Gasteiger partial charge in [0.15, 0.2) is 0 Å². The largest absolute Gasteiger partial charge is 0.399 e. The van der Waals surface area contributed by atoms with Crippen LogP contribution in [0.3, 0.4) is 0 Å². The Balaban J connectivity index is 2.25. The fraction of sp³-hybridized carbons (Fsp3) is 0.0714. The number of nitrogens with two attached hydrogens (primary N) is 1. The van der Waals surface area contributed by atoms with Gasteiger partial charge in [0, 0.05) is 21.2 Å². The summed E-state index contributed by atoms with van der Waals surface area (Å²) in [5, 5.41) is 3.31. The first-order valence-corrected chi connectivity index (χ1v) is 7.21. The van der Waals surface area contributed by atoms with Crippen LogP contribution in [0.15, 0.2) is 47.4 Å². The van der Waals surface area contributed by atoms with E-state index in [1.807, 2.05) is 30.5 Å². The maximum absolute atomic E-state index is 12.2. The molecular formula is C14H13ClN2OS. The molecule has 3 nitrogen and oxygen atoms in total. The molecule has 0 aromatic heterocycles. The molecule has 2 aromatic carbocycles. The Bertz CT molecular complexity index is 596. The number of nitrogens with one attached hydrogen (secondary N) is 1. The third-order valence-electron chi connectivity index (χ3n) is 2.54. The van der Waals surface area contributed by atoms with Crippen LogP contribution in [0.25, 0.3) is 0 Å². The highest BCUT2D eigenvalue weighted by Crippen LogP contribution is 2.25. The highest BCUT2D eigenvalue weighted by molar-refractivity contribution is 7.98. The molecule has 0 aliphatic rings. The second-order valence-corrected chi connectivity index (χ2v) is 5.21. The molecule has 3 N–H and O–H groups in total. The van der Waals surface area contributed by atoms with Crippen molar-refractivity contribution < 1.29 is 4.79 Å². The van der Waals surface area contributed by atoms with Crippen molar-refractivity contribution in [2.24, 2.45) is 0 Å². The number of nitrogen functional groups attached to an aromatic ring is 1. The molecule has 0 fully saturated rings. The molecule has 1 amide bonds. The number of rotatable bonds is 3. The molecule has 0 radical (unpaired) electrons. The highest BCUT2D eigenvalue weighted by atomic mass is 35.5. The van der Waals surface area contributed by atoms with Gasteiger partial charge in [-0.3, -0.25) is 4.79 Å². The van der Waals surface area contributed by atoms with Gasteiger partial charge in [-0.2, -0.15) is 0 Å². The monoisotopic (exact) mass is 292 g/mol. The topological polar surface area (TPSA) is 55.1 Å². The molecule has 0 saturated carbocycles. The SMILES string of the molecule is CSc1ccccc1NC(=O)c1cc(N)cc(Cl)c1. The third-order valence-corrected chi connectivity index (χ3v) is 3.55. The number of carbonyl (C=O) groups excluding carboxylic acids is 1. The lowest BCUT2D eigenvalue weighted by atomic mass is 10.2. The van der Waals surface area contributed by atoms with Crippen LogP contribution in [0.5, 0.6) is 0 Å². The van der Waals surface area contributed by atoms with E-state index in [9.17, 15) is 4.79 Å². The lowest BCUT2D eigenvalue weighted by molar-refractivity contribution is 0.102. The molecule has 2 aromatic rings. The van der Waals surface area contributed by atoms with Crippen molar-refractivity contribution in [2.45, 2.75) is 4.90 Å². The number of amides is 1. The number of anilines is 2. The summed E-state index contributed by atoms with van der Waals surface area (Å²) >= 11 is 7.47. The summed E-state index contributed by atoms with van der Waals surface area (Å²) in [5.41, 5.74) is 7.37. The van der Waals surface area contributed by atoms with Crippen LogP contribution in [0.2, 0.25) is 5.02 Å². The zero-order valence-corrected chi connectivity index (χ0v) is 11.9. The fourth-order valence-corrected chi connectivity index (χ4v) is 2.48. The first-order valence-electron chi connectivity index (χ1n) is 5.60. The smallest absolute Gasteiger partial charge is 0.255 e. The van der Waals surface area contributed by atoms with E-state index in [1.165, 1.54) is 0 Å². The Morgan fingerprint density at radius 3 is 2.68 bits per heavy atom. The van der Waals surface area contributed by atoms with E-state index < -0.39 is 0 Å². The Morgan fingerprint density at radius 1 is 1.26 bits per heavy atom. The normalized spacial score (nSPS) is 10.2. The predicted octanol–water partition coefficient (Wildman–Crippen LogP) is 3.90. The first-order chi connectivity index (χ1) is 9.10. The summed E-state index contributed by atoms with van der Waals surface area (Å²) < 4.78 is 0. The Hall–Kier alpha value is -1.65. The molecule has 0 unspecified atom stereocenters. The van der Waals surface area contributed by atoms with Gasteiger partial charge in [0.1, 0.15) is 0 Å². The van der Waals surface area contributed by atoms with Crippen molar-refractivity contribution in [3.05, 3.63) is 53.1 Å². The van der Waals surface area contributed by atoms with E-state index in [0.717, 1.165) is 10.6 Å². The van der Waals surface area contributed by atoms with Gasteiger partial charge in [0.2, 0.25) is 0 Å². The van der Waals surface area contributed by atoms with Gasteiger partial charge in [0.25, 0.3) is 5.91 Å². The van der Waals surface area contributed by atoms with Gasteiger partial charge < -0.3 is 11.1 Å². The first kappa shape index (κ1) is 13.8. The van der Waals surface area contributed by atoms with Crippen LogP contribution in [-0.2, 0) is 0 Å². The lowest BCUT2D eigenvalue weighted by Gasteiger charge is -2.09. The Morgan fingerprint density at radius 2 is 2.00 bits per heavy atom. The van der Waals surface area contributed by atoms with Crippen LogP contribution in [0, 0.1) is 0 Å². The van der Waals surface area contributed by atoms with Gasteiger partial charge in [-0.1, -0.05) is 23.7 Å². The second kappa shape index (κ2) is 5.99. The molecule has 0 aliphatic heterocycles. The molecule has 2 rings (SSSR count). The number of hydrogen-bond acceptors (Lipinski definition) is 3. The van der Waals surface area contributed by atoms with Crippen LogP contribution < -0.4 is 11.1 Å². The van der Waals surface area contributed by atoms with Crippen molar-refractivity contribution in [3.63, 3.8) is 0 Å². The molecule has 0 atom stereocenters. The van der Waals surface area contributed by atoms with Crippen molar-refractivity contribution in [1.29, 1.82) is 0 Å². The van der Waals surface area contributed by atoms with Gasteiger partial charge in [0.05, 0.1) is 5.69 Å². The summed E-state index contributed by atoms with van der Waals surface area (Å²) in [6.07, 6.45) is 1.96. The molecule has 0 heterocycles. The third kappa shape index (κ3) is 3.43. The van der Waals surface area contributed by atoms with E-state index >= 15 is 0 Å². The average Bonchev–Trinajstić information content (AvgIpc) is 2.38. The molecule has 0 bridgehead atoms. The molecule has 5 heteroatoms. The molecule has 0 saturated heterocycles. The number of carbonyl (C=O) groups is 1. The molecule has 0 aliphatic carbocycles. The maximum Gasteiger partial charge on any atom is 0.255 e. The van der Waals surface area contributed by atoms with Crippen LogP contribution in [0.4, 0.5) is 11.4 Å². The highest BCUT2D eigenvalue weighted by Gasteiger charge is 2.10. The summed E-state index contributed by atoms with van der Waals surface area (Å²) in [7, 11) is 0. The maximum atomic E-state index is 12.2. The molecule has 19 heavy (non-hydrogen) atoms. The summed E-state index contributed by atoms with van der Waals surface area (Å²) in [6.45, 7) is 0. The van der Waals surface area contributed by atoms with Gasteiger partial charge in [-0.25, -0.2) is 0 Å². The number of hydrogen-bond donors (Lipinski definition) is 2. The van der Waals surface area contributed by atoms with E-state index in [2.05, 4.69) is 5.32 Å². The zero-order chi connectivity index (χ0) is 13.8. The number of para-hydroxylation sites is 1. The lowest BCUT2D eigenvalue weighted by Crippen LogP contribution is -2.12. The van der Waals surface area contributed by atoms with E-state index in [-0.39, 0.29) is 5.91 Å². The quantitative estimate of drug-likeness (QED) is 0.666. The minimum atomic E-state index is -0.226. The molecule has 0 spiro atoms. The van der Waals surface area contributed by atoms with Crippen molar-refractivity contribution in [3.8, 4) is 0 Å². The minimum absolute atomic E-state index is 0.226. The molecule has 98 valence electrons. The fourth-order valence-electron chi connectivity index (χ4n) is 1.69. The number of benzene rings is 2. The van der Waals surface area contributed by atoms with Gasteiger partial charge in [-0.05, 0) is 36.6 Å². The van der Waals surface area contributed by atoms with Crippen LogP contribution in [0.1, 0.15) is 10.4 Å². The summed E-state index contributed by atoms with van der Waals surface area (Å²) in [4.78, 5) is 13.2. The van der Waals surface area contributed by atoms with E-state index in [1.54, 1.807) is 30.0 Å². The minimum Gasteiger partial charge on any atom is -0.399 e. The van der Waals surface area contributed by atoms with Crippen LogP contribution >= 0.6 is 23.4 Å².